The molecule has 0 saturated carbocycles. The van der Waals surface area contributed by atoms with Gasteiger partial charge >= 0.3 is 0 Å². The van der Waals surface area contributed by atoms with Crippen molar-refractivity contribution in [3.05, 3.63) is 29.8 Å². The SMILES string of the molecule is CC(=NO)c1ccc(OC2CCOCC2)cc1. The van der Waals surface area contributed by atoms with Crippen molar-refractivity contribution in [3.63, 3.8) is 0 Å². The van der Waals surface area contributed by atoms with Gasteiger partial charge in [-0.15, -0.1) is 0 Å². The van der Waals surface area contributed by atoms with E-state index in [1.165, 1.54) is 0 Å². The molecule has 2 rings (SSSR count). The van der Waals surface area contributed by atoms with Gasteiger partial charge in [0.05, 0.1) is 18.9 Å². The van der Waals surface area contributed by atoms with E-state index in [2.05, 4.69) is 5.16 Å². The van der Waals surface area contributed by atoms with Crippen molar-refractivity contribution in [3.8, 4) is 5.75 Å². The topological polar surface area (TPSA) is 51.1 Å². The lowest BCUT2D eigenvalue weighted by Gasteiger charge is -2.23. The van der Waals surface area contributed by atoms with Crippen molar-refractivity contribution in [1.82, 2.24) is 0 Å². The van der Waals surface area contributed by atoms with E-state index in [1.54, 1.807) is 6.92 Å². The molecule has 0 amide bonds. The van der Waals surface area contributed by atoms with Crippen LogP contribution >= 0.6 is 0 Å². The maximum atomic E-state index is 8.66. The molecule has 1 heterocycles. The molecule has 1 saturated heterocycles. The molecular formula is C13H17NO3. The van der Waals surface area contributed by atoms with E-state index in [4.69, 9.17) is 14.7 Å². The van der Waals surface area contributed by atoms with Crippen molar-refractivity contribution < 1.29 is 14.7 Å². The second-order valence-corrected chi connectivity index (χ2v) is 4.14. The van der Waals surface area contributed by atoms with Gasteiger partial charge in [0, 0.05) is 12.8 Å². The van der Waals surface area contributed by atoms with Gasteiger partial charge in [0.1, 0.15) is 11.9 Å². The summed E-state index contributed by atoms with van der Waals surface area (Å²) in [4.78, 5) is 0. The molecule has 4 nitrogen and oxygen atoms in total. The maximum Gasteiger partial charge on any atom is 0.119 e. The molecule has 1 N–H and O–H groups in total. The van der Waals surface area contributed by atoms with Crippen LogP contribution in [0.1, 0.15) is 25.3 Å². The van der Waals surface area contributed by atoms with Crippen LogP contribution in [0.25, 0.3) is 0 Å². The highest BCUT2D eigenvalue weighted by Crippen LogP contribution is 2.18. The average molecular weight is 235 g/mol. The quantitative estimate of drug-likeness (QED) is 0.497. The number of hydrogen-bond acceptors (Lipinski definition) is 4. The van der Waals surface area contributed by atoms with Crippen molar-refractivity contribution in [1.29, 1.82) is 0 Å². The van der Waals surface area contributed by atoms with Crippen molar-refractivity contribution in [2.45, 2.75) is 25.9 Å². The van der Waals surface area contributed by atoms with Crippen LogP contribution < -0.4 is 4.74 Å². The van der Waals surface area contributed by atoms with Crippen LogP contribution in [0, 0.1) is 0 Å². The maximum absolute atomic E-state index is 8.66. The summed E-state index contributed by atoms with van der Waals surface area (Å²) in [5.74, 6) is 0.853. The smallest absolute Gasteiger partial charge is 0.119 e. The van der Waals surface area contributed by atoms with E-state index in [1.807, 2.05) is 24.3 Å². The van der Waals surface area contributed by atoms with Gasteiger partial charge in [0.25, 0.3) is 0 Å². The van der Waals surface area contributed by atoms with Gasteiger partial charge in [-0.2, -0.15) is 0 Å². The summed E-state index contributed by atoms with van der Waals surface area (Å²) in [5, 5.41) is 11.8. The molecule has 0 aliphatic carbocycles. The first kappa shape index (κ1) is 11.9. The molecule has 1 aliphatic heterocycles. The summed E-state index contributed by atoms with van der Waals surface area (Å²) in [5.41, 5.74) is 1.49. The normalized spacial score (nSPS) is 18.1. The largest absolute Gasteiger partial charge is 0.490 e. The summed E-state index contributed by atoms with van der Waals surface area (Å²) in [6.45, 7) is 3.31. The minimum Gasteiger partial charge on any atom is -0.490 e. The second kappa shape index (κ2) is 5.68. The third-order valence-electron chi connectivity index (χ3n) is 2.89. The molecule has 1 fully saturated rings. The number of hydrogen-bond donors (Lipinski definition) is 1. The van der Waals surface area contributed by atoms with E-state index in [-0.39, 0.29) is 6.10 Å². The van der Waals surface area contributed by atoms with Crippen LogP contribution in [0.4, 0.5) is 0 Å². The molecule has 1 aromatic rings. The first-order valence-corrected chi connectivity index (χ1v) is 5.83. The third-order valence-corrected chi connectivity index (χ3v) is 2.89. The Bertz CT molecular complexity index is 380. The van der Waals surface area contributed by atoms with Crippen LogP contribution in [-0.4, -0.2) is 30.2 Å². The molecular weight excluding hydrogens is 218 g/mol. The first-order chi connectivity index (χ1) is 8.29. The monoisotopic (exact) mass is 235 g/mol. The van der Waals surface area contributed by atoms with E-state index >= 15 is 0 Å². The van der Waals surface area contributed by atoms with Gasteiger partial charge in [0.2, 0.25) is 0 Å². The molecule has 1 aromatic carbocycles. The third kappa shape index (κ3) is 3.20. The van der Waals surface area contributed by atoms with Gasteiger partial charge in [-0.1, -0.05) is 5.16 Å². The standard InChI is InChI=1S/C13H17NO3/c1-10(14-15)11-2-4-12(5-3-11)17-13-6-8-16-9-7-13/h2-5,13,15H,6-9H2,1H3. The Labute approximate surface area is 101 Å². The van der Waals surface area contributed by atoms with Crippen molar-refractivity contribution in [2.75, 3.05) is 13.2 Å². The fourth-order valence-electron chi connectivity index (χ4n) is 1.82. The zero-order valence-corrected chi connectivity index (χ0v) is 9.93. The zero-order valence-electron chi connectivity index (χ0n) is 9.93. The highest BCUT2D eigenvalue weighted by molar-refractivity contribution is 5.98. The Morgan fingerprint density at radius 1 is 1.29 bits per heavy atom. The van der Waals surface area contributed by atoms with Gasteiger partial charge in [-0.25, -0.2) is 0 Å². The molecule has 0 unspecified atom stereocenters. The summed E-state index contributed by atoms with van der Waals surface area (Å²) in [7, 11) is 0. The predicted octanol–water partition coefficient (Wildman–Crippen LogP) is 2.44. The minimum atomic E-state index is 0.252. The Morgan fingerprint density at radius 2 is 1.94 bits per heavy atom. The lowest BCUT2D eigenvalue weighted by Crippen LogP contribution is -2.25. The van der Waals surface area contributed by atoms with Gasteiger partial charge in [-0.05, 0) is 36.8 Å². The lowest BCUT2D eigenvalue weighted by atomic mass is 10.1. The number of oxime groups is 1. The summed E-state index contributed by atoms with van der Waals surface area (Å²) in [6.07, 6.45) is 2.14. The average Bonchev–Trinajstić information content (AvgIpc) is 2.40. The first-order valence-electron chi connectivity index (χ1n) is 5.83. The van der Waals surface area contributed by atoms with Crippen LogP contribution in [0.2, 0.25) is 0 Å². The minimum absolute atomic E-state index is 0.252. The number of rotatable bonds is 3. The molecule has 1 aliphatic rings. The van der Waals surface area contributed by atoms with Crippen LogP contribution in [0.5, 0.6) is 5.75 Å². The highest BCUT2D eigenvalue weighted by atomic mass is 16.5. The molecule has 4 heteroatoms. The molecule has 0 atom stereocenters. The van der Waals surface area contributed by atoms with E-state index in [9.17, 15) is 0 Å². The molecule has 0 radical (unpaired) electrons. The molecule has 17 heavy (non-hydrogen) atoms. The molecule has 0 bridgehead atoms. The number of ether oxygens (including phenoxy) is 2. The van der Waals surface area contributed by atoms with E-state index < -0.39 is 0 Å². The Morgan fingerprint density at radius 3 is 2.53 bits per heavy atom. The fraction of sp³-hybridized carbons (Fsp3) is 0.462. The van der Waals surface area contributed by atoms with Crippen molar-refractivity contribution in [2.24, 2.45) is 5.16 Å². The Hall–Kier alpha value is -1.55. The highest BCUT2D eigenvalue weighted by Gasteiger charge is 2.15. The lowest BCUT2D eigenvalue weighted by molar-refractivity contribution is 0.0256. The second-order valence-electron chi connectivity index (χ2n) is 4.14. The zero-order chi connectivity index (χ0) is 12.1. The van der Waals surface area contributed by atoms with Gasteiger partial charge in [-0.3, -0.25) is 0 Å². The van der Waals surface area contributed by atoms with Crippen LogP contribution in [-0.2, 0) is 4.74 Å². The predicted molar refractivity (Wildman–Crippen MR) is 64.9 cm³/mol. The summed E-state index contributed by atoms with van der Waals surface area (Å²) >= 11 is 0. The van der Waals surface area contributed by atoms with Crippen LogP contribution in [0.15, 0.2) is 29.4 Å². The summed E-state index contributed by atoms with van der Waals surface area (Å²) < 4.78 is 11.1. The Kier molecular flexibility index (Phi) is 3.98. The van der Waals surface area contributed by atoms with Crippen molar-refractivity contribution >= 4 is 5.71 Å². The Balaban J connectivity index is 1.97. The fourth-order valence-corrected chi connectivity index (χ4v) is 1.82. The van der Waals surface area contributed by atoms with E-state index in [0.717, 1.165) is 37.4 Å². The molecule has 92 valence electrons. The van der Waals surface area contributed by atoms with Crippen LogP contribution in [0.3, 0.4) is 0 Å². The molecule has 0 spiro atoms. The van der Waals surface area contributed by atoms with Gasteiger partial charge < -0.3 is 14.7 Å². The molecule has 0 aromatic heterocycles. The number of nitrogens with zero attached hydrogens (tertiary/aromatic N) is 1. The van der Waals surface area contributed by atoms with E-state index in [0.29, 0.717) is 5.71 Å². The number of benzene rings is 1. The summed E-state index contributed by atoms with van der Waals surface area (Å²) in [6, 6.07) is 7.59. The van der Waals surface area contributed by atoms with Gasteiger partial charge in [0.15, 0.2) is 0 Å².